The van der Waals surface area contributed by atoms with E-state index in [1.54, 1.807) is 0 Å². The largest absolute Gasteiger partial charge is 0.327 e. The lowest BCUT2D eigenvalue weighted by Gasteiger charge is -2.38. The minimum Gasteiger partial charge on any atom is -0.327 e. The lowest BCUT2D eigenvalue weighted by molar-refractivity contribution is 0.155. The maximum absolute atomic E-state index is 6.30. The molecule has 12 heavy (non-hydrogen) atoms. The Hall–Kier alpha value is -0.0400. The molecule has 0 radical (unpaired) electrons. The normalized spacial score (nSPS) is 59.0. The summed E-state index contributed by atoms with van der Waals surface area (Å²) in [5.74, 6) is 2.51. The van der Waals surface area contributed by atoms with Crippen LogP contribution in [0.1, 0.15) is 40.0 Å². The molecular weight excluding hydrogens is 146 g/mol. The molecule has 0 aromatic rings. The molecule has 0 heterocycles. The molecular formula is C11H21N. The van der Waals surface area contributed by atoms with Crippen molar-refractivity contribution in [3.8, 4) is 0 Å². The summed E-state index contributed by atoms with van der Waals surface area (Å²) >= 11 is 0. The standard InChI is InChI=1S/C11H21N/c1-7-8(2)11(3)6-4-5-9(7)10(11)12/h7-10H,4-6,12H2,1-3H3/t7-,8+,9-,10+,11+/m1/s1. The van der Waals surface area contributed by atoms with Crippen molar-refractivity contribution >= 4 is 0 Å². The quantitative estimate of drug-likeness (QED) is 0.589. The predicted octanol–water partition coefficient (Wildman–Crippen LogP) is 2.41. The molecule has 2 fully saturated rings. The van der Waals surface area contributed by atoms with Crippen LogP contribution in [0, 0.1) is 23.2 Å². The number of nitrogens with two attached hydrogens (primary N) is 1. The zero-order chi connectivity index (χ0) is 8.93. The van der Waals surface area contributed by atoms with Gasteiger partial charge in [0.2, 0.25) is 0 Å². The van der Waals surface area contributed by atoms with E-state index in [9.17, 15) is 0 Å². The lowest BCUT2D eigenvalue weighted by atomic mass is 9.70. The van der Waals surface area contributed by atoms with Crippen molar-refractivity contribution in [1.82, 2.24) is 0 Å². The van der Waals surface area contributed by atoms with Crippen molar-refractivity contribution in [1.29, 1.82) is 0 Å². The molecule has 70 valence electrons. The Bertz CT molecular complexity index is 181. The van der Waals surface area contributed by atoms with Gasteiger partial charge in [0.15, 0.2) is 0 Å². The zero-order valence-electron chi connectivity index (χ0n) is 8.51. The highest BCUT2D eigenvalue weighted by Gasteiger charge is 2.53. The monoisotopic (exact) mass is 167 g/mol. The van der Waals surface area contributed by atoms with Crippen molar-refractivity contribution < 1.29 is 0 Å². The molecule has 0 amide bonds. The SMILES string of the molecule is C[C@H]1[C@H]2CCC[C@@](C)([C@H]1C)[C@H]2N. The van der Waals surface area contributed by atoms with Gasteiger partial charge in [-0.15, -0.1) is 0 Å². The summed E-state index contributed by atoms with van der Waals surface area (Å²) in [7, 11) is 0. The highest BCUT2D eigenvalue weighted by atomic mass is 14.8. The number of hydrogen-bond acceptors (Lipinski definition) is 1. The number of hydrogen-bond donors (Lipinski definition) is 1. The average Bonchev–Trinajstić information content (AvgIpc) is 2.20. The maximum atomic E-state index is 6.30. The average molecular weight is 167 g/mol. The Labute approximate surface area is 75.7 Å². The van der Waals surface area contributed by atoms with Gasteiger partial charge in [-0.05, 0) is 36.0 Å². The Morgan fingerprint density at radius 1 is 1.33 bits per heavy atom. The summed E-state index contributed by atoms with van der Waals surface area (Å²) in [6.45, 7) is 7.19. The van der Waals surface area contributed by atoms with Crippen LogP contribution in [-0.2, 0) is 0 Å². The van der Waals surface area contributed by atoms with Crippen LogP contribution in [0.5, 0.6) is 0 Å². The minimum atomic E-state index is 0.461. The molecule has 5 atom stereocenters. The van der Waals surface area contributed by atoms with Gasteiger partial charge in [0.1, 0.15) is 0 Å². The van der Waals surface area contributed by atoms with E-state index in [0.29, 0.717) is 11.5 Å². The molecule has 0 unspecified atom stereocenters. The van der Waals surface area contributed by atoms with Crippen molar-refractivity contribution in [3.63, 3.8) is 0 Å². The number of fused-ring (bicyclic) bond motifs is 2. The molecule has 2 rings (SSSR count). The summed E-state index contributed by atoms with van der Waals surface area (Å²) in [5.41, 5.74) is 6.76. The fourth-order valence-corrected chi connectivity index (χ4v) is 3.65. The van der Waals surface area contributed by atoms with Crippen LogP contribution in [0.2, 0.25) is 0 Å². The number of rotatable bonds is 0. The van der Waals surface area contributed by atoms with Crippen molar-refractivity contribution in [3.05, 3.63) is 0 Å². The fourth-order valence-electron chi connectivity index (χ4n) is 3.65. The Balaban J connectivity index is 2.33. The first-order valence-electron chi connectivity index (χ1n) is 5.33. The molecule has 2 saturated carbocycles. The van der Waals surface area contributed by atoms with Crippen LogP contribution < -0.4 is 5.73 Å². The Morgan fingerprint density at radius 2 is 2.00 bits per heavy atom. The molecule has 0 aromatic heterocycles. The van der Waals surface area contributed by atoms with Crippen LogP contribution >= 0.6 is 0 Å². The molecule has 2 aliphatic carbocycles. The van der Waals surface area contributed by atoms with E-state index in [4.69, 9.17) is 5.73 Å². The van der Waals surface area contributed by atoms with Gasteiger partial charge in [-0.25, -0.2) is 0 Å². The molecule has 0 spiro atoms. The van der Waals surface area contributed by atoms with Gasteiger partial charge in [0.05, 0.1) is 0 Å². The van der Waals surface area contributed by atoms with Gasteiger partial charge in [-0.2, -0.15) is 0 Å². The topological polar surface area (TPSA) is 26.0 Å². The fraction of sp³-hybridized carbons (Fsp3) is 1.00. The molecule has 2 N–H and O–H groups in total. The van der Waals surface area contributed by atoms with Gasteiger partial charge < -0.3 is 5.73 Å². The molecule has 0 aromatic carbocycles. The first-order valence-corrected chi connectivity index (χ1v) is 5.33. The van der Waals surface area contributed by atoms with Crippen molar-refractivity contribution in [2.24, 2.45) is 28.9 Å². The summed E-state index contributed by atoms with van der Waals surface area (Å²) in [4.78, 5) is 0. The third kappa shape index (κ3) is 0.834. The van der Waals surface area contributed by atoms with E-state index in [1.807, 2.05) is 0 Å². The Kier molecular flexibility index (Phi) is 1.76. The van der Waals surface area contributed by atoms with E-state index < -0.39 is 0 Å². The Morgan fingerprint density at radius 3 is 2.50 bits per heavy atom. The highest BCUT2D eigenvalue weighted by Crippen LogP contribution is 2.56. The molecule has 0 aliphatic heterocycles. The van der Waals surface area contributed by atoms with E-state index in [0.717, 1.165) is 17.8 Å². The lowest BCUT2D eigenvalue weighted by Crippen LogP contribution is -2.43. The van der Waals surface area contributed by atoms with Crippen LogP contribution in [0.15, 0.2) is 0 Å². The molecule has 1 nitrogen and oxygen atoms in total. The second-order valence-corrected chi connectivity index (χ2v) is 5.24. The molecule has 2 bridgehead atoms. The van der Waals surface area contributed by atoms with E-state index >= 15 is 0 Å². The maximum Gasteiger partial charge on any atom is 0.0127 e. The van der Waals surface area contributed by atoms with E-state index in [2.05, 4.69) is 20.8 Å². The first-order chi connectivity index (χ1) is 5.57. The minimum absolute atomic E-state index is 0.461. The summed E-state index contributed by atoms with van der Waals surface area (Å²) in [6, 6.07) is 0.483. The van der Waals surface area contributed by atoms with Crippen LogP contribution in [0.4, 0.5) is 0 Å². The van der Waals surface area contributed by atoms with Gasteiger partial charge >= 0.3 is 0 Å². The van der Waals surface area contributed by atoms with Crippen LogP contribution in [0.3, 0.4) is 0 Å². The first kappa shape index (κ1) is 8.55. The van der Waals surface area contributed by atoms with Gasteiger partial charge in [0, 0.05) is 6.04 Å². The van der Waals surface area contributed by atoms with E-state index in [1.165, 1.54) is 19.3 Å². The smallest absolute Gasteiger partial charge is 0.0127 e. The zero-order valence-corrected chi connectivity index (χ0v) is 8.51. The van der Waals surface area contributed by atoms with Gasteiger partial charge in [-0.3, -0.25) is 0 Å². The van der Waals surface area contributed by atoms with Crippen LogP contribution in [0.25, 0.3) is 0 Å². The summed E-state index contributed by atoms with van der Waals surface area (Å²) < 4.78 is 0. The molecule has 2 aliphatic rings. The summed E-state index contributed by atoms with van der Waals surface area (Å²) in [6.07, 6.45) is 4.14. The second kappa shape index (κ2) is 2.47. The molecule has 0 saturated heterocycles. The third-order valence-electron chi connectivity index (χ3n) is 4.98. The van der Waals surface area contributed by atoms with Gasteiger partial charge in [0.25, 0.3) is 0 Å². The van der Waals surface area contributed by atoms with Crippen LogP contribution in [-0.4, -0.2) is 6.04 Å². The van der Waals surface area contributed by atoms with Crippen molar-refractivity contribution in [2.75, 3.05) is 0 Å². The third-order valence-corrected chi connectivity index (χ3v) is 4.98. The van der Waals surface area contributed by atoms with Crippen molar-refractivity contribution in [2.45, 2.75) is 46.1 Å². The van der Waals surface area contributed by atoms with E-state index in [-0.39, 0.29) is 0 Å². The predicted molar refractivity (Wildman–Crippen MR) is 51.8 cm³/mol. The summed E-state index contributed by atoms with van der Waals surface area (Å²) in [5, 5.41) is 0. The second-order valence-electron chi connectivity index (χ2n) is 5.24. The highest BCUT2D eigenvalue weighted by molar-refractivity contribution is 5.06. The van der Waals surface area contributed by atoms with Gasteiger partial charge in [-0.1, -0.05) is 27.2 Å². The molecule has 1 heteroatoms.